The third kappa shape index (κ3) is 2.16. The van der Waals surface area contributed by atoms with Crippen LogP contribution in [-0.2, 0) is 9.63 Å². The number of hydrogen-bond donors (Lipinski definition) is 0. The lowest BCUT2D eigenvalue weighted by Crippen LogP contribution is -2.17. The molecule has 0 N–H and O–H groups in total. The summed E-state index contributed by atoms with van der Waals surface area (Å²) >= 11 is 0. The molecule has 1 aromatic rings. The van der Waals surface area contributed by atoms with E-state index in [1.54, 1.807) is 12.1 Å². The monoisotopic (exact) mass is 191 g/mol. The van der Waals surface area contributed by atoms with Crippen molar-refractivity contribution in [1.82, 2.24) is 5.48 Å². The minimum Gasteiger partial charge on any atom is -0.302 e. The van der Waals surface area contributed by atoms with Gasteiger partial charge in [0.05, 0.1) is 5.56 Å². The Balaban J connectivity index is 2.88. The molecule has 0 atom stereocenters. The van der Waals surface area contributed by atoms with Gasteiger partial charge in [0.25, 0.3) is 0 Å². The van der Waals surface area contributed by atoms with Gasteiger partial charge in [-0.25, -0.2) is 4.79 Å². The number of hydrogen-bond acceptors (Lipinski definition) is 4. The van der Waals surface area contributed by atoms with E-state index in [-0.39, 0.29) is 11.1 Å². The highest BCUT2D eigenvalue weighted by atomic mass is 16.7. The van der Waals surface area contributed by atoms with Gasteiger partial charge in [-0.1, -0.05) is 18.2 Å². The highest BCUT2D eigenvalue weighted by Crippen LogP contribution is 2.05. The molecule has 0 aromatic heterocycles. The molecule has 14 heavy (non-hydrogen) atoms. The molecule has 0 heterocycles. The van der Waals surface area contributed by atoms with E-state index in [4.69, 9.17) is 0 Å². The zero-order valence-corrected chi connectivity index (χ0v) is 6.97. The number of carbonyl (C=O) groups excluding carboxylic acids is 3. The van der Waals surface area contributed by atoms with Gasteiger partial charge in [-0.3, -0.25) is 9.59 Å². The average molecular weight is 191 g/mol. The van der Waals surface area contributed by atoms with Crippen molar-refractivity contribution in [3.63, 3.8) is 0 Å². The minimum absolute atomic E-state index is 0.0813. The lowest BCUT2D eigenvalue weighted by Gasteiger charge is -1.99. The average Bonchev–Trinajstić information content (AvgIpc) is 2.25. The molecule has 0 unspecified atom stereocenters. The summed E-state index contributed by atoms with van der Waals surface area (Å²) in [7, 11) is 0. The summed E-state index contributed by atoms with van der Waals surface area (Å²) in [4.78, 5) is 35.1. The van der Waals surface area contributed by atoms with E-state index in [0.717, 1.165) is 6.47 Å². The number of carbonyl (C=O) groups is 2. The Morgan fingerprint density at radius 3 is 2.79 bits per heavy atom. The summed E-state index contributed by atoms with van der Waals surface area (Å²) in [5, 5.41) is 0. The molecule has 0 aliphatic rings. The molecule has 1 rings (SSSR count). The maximum Gasteiger partial charge on any atom is 0.445 e. The van der Waals surface area contributed by atoms with Gasteiger partial charge in [0.15, 0.2) is 6.29 Å². The van der Waals surface area contributed by atoms with E-state index in [0.29, 0.717) is 6.29 Å². The van der Waals surface area contributed by atoms with Crippen LogP contribution in [0.3, 0.4) is 0 Å². The standard InChI is InChI=1S/C9H5NO4/c11-5-7-3-1-2-4-8(7)9(13)10-14-6-12/h1-5H. The van der Waals surface area contributed by atoms with Crippen molar-refractivity contribution in [3.8, 4) is 0 Å². The van der Waals surface area contributed by atoms with Gasteiger partial charge >= 0.3 is 12.4 Å². The Bertz CT molecular complexity index is 362. The molecule has 0 fully saturated rings. The summed E-state index contributed by atoms with van der Waals surface area (Å²) in [5.41, 5.74) is 3.17. The summed E-state index contributed by atoms with van der Waals surface area (Å²) in [6.07, 6.45) is 0.521. The first-order valence-electron chi connectivity index (χ1n) is 3.62. The summed E-state index contributed by atoms with van der Waals surface area (Å²) < 4.78 is 0. The SMILES string of the molecule is O=[C]O[N]C(=O)c1ccccc1C=O. The first-order valence-corrected chi connectivity index (χ1v) is 3.62. The number of aldehydes is 1. The number of benzene rings is 1. The van der Waals surface area contributed by atoms with Gasteiger partial charge < -0.3 is 4.84 Å². The first-order chi connectivity index (χ1) is 6.79. The van der Waals surface area contributed by atoms with Gasteiger partial charge in [-0.2, -0.15) is 0 Å². The van der Waals surface area contributed by atoms with Crippen LogP contribution in [0.1, 0.15) is 20.7 Å². The number of rotatable bonds is 4. The fraction of sp³-hybridized carbons (Fsp3) is 0. The molecular weight excluding hydrogens is 186 g/mol. The second-order valence-corrected chi connectivity index (χ2v) is 2.28. The van der Waals surface area contributed by atoms with E-state index in [1.165, 1.54) is 12.1 Å². The first kappa shape index (κ1) is 9.91. The van der Waals surface area contributed by atoms with Crippen molar-refractivity contribution in [2.45, 2.75) is 0 Å². The van der Waals surface area contributed by atoms with Crippen LogP contribution in [0.4, 0.5) is 0 Å². The Kier molecular flexibility index (Phi) is 3.37. The quantitative estimate of drug-likeness (QED) is 0.504. The van der Waals surface area contributed by atoms with Gasteiger partial charge in [0.2, 0.25) is 0 Å². The third-order valence-corrected chi connectivity index (χ3v) is 1.48. The second kappa shape index (κ2) is 4.76. The van der Waals surface area contributed by atoms with Crippen LogP contribution >= 0.6 is 0 Å². The molecule has 0 bridgehead atoms. The molecule has 1 amide bonds. The van der Waals surface area contributed by atoms with Crippen LogP contribution in [0.15, 0.2) is 24.3 Å². The molecule has 5 heteroatoms. The Labute approximate surface area is 79.6 Å². The van der Waals surface area contributed by atoms with Crippen LogP contribution < -0.4 is 5.48 Å². The fourth-order valence-corrected chi connectivity index (χ4v) is 0.904. The largest absolute Gasteiger partial charge is 0.445 e. The van der Waals surface area contributed by atoms with Crippen LogP contribution in [-0.4, -0.2) is 18.7 Å². The zero-order valence-electron chi connectivity index (χ0n) is 6.97. The molecule has 5 nitrogen and oxygen atoms in total. The molecule has 2 radical (unpaired) electrons. The maximum absolute atomic E-state index is 11.2. The molecule has 70 valence electrons. The Hall–Kier alpha value is -2.17. The topological polar surface area (TPSA) is 74.5 Å². The lowest BCUT2D eigenvalue weighted by molar-refractivity contribution is 0.0700. The van der Waals surface area contributed by atoms with E-state index in [1.807, 2.05) is 0 Å². The highest BCUT2D eigenvalue weighted by molar-refractivity contribution is 6.00. The highest BCUT2D eigenvalue weighted by Gasteiger charge is 2.12. The van der Waals surface area contributed by atoms with Crippen LogP contribution in [0.25, 0.3) is 0 Å². The normalized spacial score (nSPS) is 8.86. The number of amides is 1. The van der Waals surface area contributed by atoms with Gasteiger partial charge in [-0.15, -0.1) is 0 Å². The fourth-order valence-electron chi connectivity index (χ4n) is 0.904. The van der Waals surface area contributed by atoms with E-state index < -0.39 is 5.91 Å². The molecule has 1 aromatic carbocycles. The Morgan fingerprint density at radius 2 is 2.14 bits per heavy atom. The van der Waals surface area contributed by atoms with Gasteiger partial charge in [0.1, 0.15) is 0 Å². The van der Waals surface area contributed by atoms with Crippen LogP contribution in [0, 0.1) is 0 Å². The van der Waals surface area contributed by atoms with E-state index >= 15 is 0 Å². The lowest BCUT2D eigenvalue weighted by atomic mass is 10.1. The van der Waals surface area contributed by atoms with Crippen LogP contribution in [0.5, 0.6) is 0 Å². The van der Waals surface area contributed by atoms with Crippen molar-refractivity contribution in [1.29, 1.82) is 0 Å². The minimum atomic E-state index is -0.795. The van der Waals surface area contributed by atoms with Crippen molar-refractivity contribution >= 4 is 18.7 Å². The zero-order chi connectivity index (χ0) is 10.4. The second-order valence-electron chi connectivity index (χ2n) is 2.28. The summed E-state index contributed by atoms with van der Waals surface area (Å²) in [6.45, 7) is 0.980. The number of hydroxylamine groups is 1. The number of nitrogens with zero attached hydrogens (tertiary/aromatic N) is 1. The van der Waals surface area contributed by atoms with Gasteiger partial charge in [-0.05, 0) is 11.5 Å². The Morgan fingerprint density at radius 1 is 1.43 bits per heavy atom. The molecular formula is C9H5NO4. The van der Waals surface area contributed by atoms with E-state index in [2.05, 4.69) is 10.3 Å². The summed E-state index contributed by atoms with van der Waals surface area (Å²) in [5.74, 6) is -0.795. The summed E-state index contributed by atoms with van der Waals surface area (Å²) in [6, 6.07) is 6.04. The van der Waals surface area contributed by atoms with Gasteiger partial charge in [0, 0.05) is 5.56 Å². The molecule has 0 saturated heterocycles. The van der Waals surface area contributed by atoms with Crippen molar-refractivity contribution in [2.24, 2.45) is 0 Å². The van der Waals surface area contributed by atoms with Crippen molar-refractivity contribution < 1.29 is 19.2 Å². The predicted molar refractivity (Wildman–Crippen MR) is 45.1 cm³/mol. The van der Waals surface area contributed by atoms with Crippen molar-refractivity contribution in [2.75, 3.05) is 0 Å². The molecule has 0 aliphatic carbocycles. The maximum atomic E-state index is 11.2. The smallest absolute Gasteiger partial charge is 0.302 e. The predicted octanol–water partition coefficient (Wildman–Crippen LogP) is 0.242. The van der Waals surface area contributed by atoms with Crippen LogP contribution in [0.2, 0.25) is 0 Å². The molecule has 0 aliphatic heterocycles. The molecule has 0 spiro atoms. The molecule has 0 saturated carbocycles. The van der Waals surface area contributed by atoms with E-state index in [9.17, 15) is 14.4 Å². The third-order valence-electron chi connectivity index (χ3n) is 1.48. The van der Waals surface area contributed by atoms with Crippen molar-refractivity contribution in [3.05, 3.63) is 35.4 Å².